The van der Waals surface area contributed by atoms with Gasteiger partial charge in [-0.3, -0.25) is 9.59 Å². The molecule has 2 aromatic rings. The van der Waals surface area contributed by atoms with Crippen LogP contribution >= 0.6 is 11.6 Å². The van der Waals surface area contributed by atoms with E-state index in [0.717, 1.165) is 4.68 Å². The molecule has 0 radical (unpaired) electrons. The molecule has 0 atom stereocenters. The summed E-state index contributed by atoms with van der Waals surface area (Å²) in [6, 6.07) is 6.54. The number of carboxylic acids is 1. The summed E-state index contributed by atoms with van der Waals surface area (Å²) < 4.78 is 6.19. The molecule has 0 spiro atoms. The van der Waals surface area contributed by atoms with Gasteiger partial charge in [0.2, 0.25) is 0 Å². The molecule has 2 rings (SSSR count). The molecule has 1 aromatic carbocycles. The number of benzene rings is 1. The van der Waals surface area contributed by atoms with Crippen molar-refractivity contribution in [2.75, 3.05) is 7.11 Å². The highest BCUT2D eigenvalue weighted by Crippen LogP contribution is 2.29. The van der Waals surface area contributed by atoms with Crippen LogP contribution in [-0.4, -0.2) is 28.0 Å². The second kappa shape index (κ2) is 5.97. The lowest BCUT2D eigenvalue weighted by molar-refractivity contribution is -0.136. The van der Waals surface area contributed by atoms with Gasteiger partial charge in [-0.25, -0.2) is 4.68 Å². The number of methoxy groups -OCH3 is 1. The van der Waals surface area contributed by atoms with Gasteiger partial charge in [0, 0.05) is 18.2 Å². The van der Waals surface area contributed by atoms with Gasteiger partial charge in [-0.1, -0.05) is 11.6 Å². The molecule has 1 aromatic heterocycles. The Morgan fingerprint density at radius 1 is 1.43 bits per heavy atom. The zero-order valence-electron chi connectivity index (χ0n) is 11.5. The van der Waals surface area contributed by atoms with Crippen molar-refractivity contribution in [3.05, 3.63) is 45.2 Å². The zero-order chi connectivity index (χ0) is 15.6. The lowest BCUT2D eigenvalue weighted by atomic mass is 10.1. The van der Waals surface area contributed by atoms with Gasteiger partial charge >= 0.3 is 5.97 Å². The van der Waals surface area contributed by atoms with Crippen molar-refractivity contribution >= 4 is 17.6 Å². The fourth-order valence-electron chi connectivity index (χ4n) is 1.93. The molecule has 0 unspecified atom stereocenters. The molecule has 21 heavy (non-hydrogen) atoms. The van der Waals surface area contributed by atoms with Gasteiger partial charge < -0.3 is 9.84 Å². The summed E-state index contributed by atoms with van der Waals surface area (Å²) in [5.74, 6) is -0.548. The molecular weight excluding hydrogens is 296 g/mol. The van der Waals surface area contributed by atoms with E-state index in [1.807, 2.05) is 0 Å². The summed E-state index contributed by atoms with van der Waals surface area (Å²) in [4.78, 5) is 22.7. The summed E-state index contributed by atoms with van der Waals surface area (Å²) in [5.41, 5.74) is 0.878. The third kappa shape index (κ3) is 3.22. The first kappa shape index (κ1) is 15.1. The lowest BCUT2D eigenvalue weighted by Crippen LogP contribution is -2.25. The fraction of sp³-hybridized carbons (Fsp3) is 0.214. The van der Waals surface area contributed by atoms with Crippen LogP contribution in [0.1, 0.15) is 5.56 Å². The molecule has 110 valence electrons. The summed E-state index contributed by atoms with van der Waals surface area (Å²) in [6.45, 7) is 0. The molecule has 1 heterocycles. The highest BCUT2D eigenvalue weighted by atomic mass is 35.5. The maximum Gasteiger partial charge on any atom is 0.308 e. The third-order valence-electron chi connectivity index (χ3n) is 2.93. The van der Waals surface area contributed by atoms with E-state index in [-0.39, 0.29) is 12.0 Å². The van der Waals surface area contributed by atoms with Gasteiger partial charge in [-0.15, -0.1) is 0 Å². The SMILES string of the molecule is COc1ccc(-c2cc(CC(=O)O)c(=O)n(C)n2)cc1Cl. The van der Waals surface area contributed by atoms with Crippen LogP contribution in [0, 0.1) is 0 Å². The molecule has 0 aliphatic carbocycles. The predicted molar refractivity (Wildman–Crippen MR) is 77.8 cm³/mol. The molecule has 6 nitrogen and oxygen atoms in total. The van der Waals surface area contributed by atoms with Crippen LogP contribution in [0.25, 0.3) is 11.3 Å². The number of hydrogen-bond acceptors (Lipinski definition) is 4. The topological polar surface area (TPSA) is 81.4 Å². The molecule has 7 heteroatoms. The fourth-order valence-corrected chi connectivity index (χ4v) is 2.18. The average molecular weight is 309 g/mol. The van der Waals surface area contributed by atoms with E-state index in [1.54, 1.807) is 18.2 Å². The Morgan fingerprint density at radius 2 is 2.14 bits per heavy atom. The number of carboxylic acid groups (broad SMARTS) is 1. The van der Waals surface area contributed by atoms with E-state index in [0.29, 0.717) is 22.0 Å². The minimum atomic E-state index is -1.07. The normalized spacial score (nSPS) is 10.4. The van der Waals surface area contributed by atoms with Gasteiger partial charge in [-0.2, -0.15) is 5.10 Å². The van der Waals surface area contributed by atoms with Gasteiger partial charge in [-0.05, 0) is 24.3 Å². The second-order valence-electron chi connectivity index (χ2n) is 4.40. The van der Waals surface area contributed by atoms with Crippen LogP contribution < -0.4 is 10.3 Å². The van der Waals surface area contributed by atoms with Crippen molar-refractivity contribution in [1.82, 2.24) is 9.78 Å². The number of aromatic nitrogens is 2. The summed E-state index contributed by atoms with van der Waals surface area (Å²) in [6.07, 6.45) is -0.355. The van der Waals surface area contributed by atoms with Crippen LogP contribution in [0.2, 0.25) is 5.02 Å². The quantitative estimate of drug-likeness (QED) is 0.930. The standard InChI is InChI=1S/C14H13ClN2O4/c1-17-14(20)9(7-13(18)19)6-11(16-17)8-3-4-12(21-2)10(15)5-8/h3-6H,7H2,1-2H3,(H,18,19). The predicted octanol–water partition coefficient (Wildman–Crippen LogP) is 1.74. The third-order valence-corrected chi connectivity index (χ3v) is 3.22. The molecule has 0 fully saturated rings. The van der Waals surface area contributed by atoms with Gasteiger partial charge in [0.15, 0.2) is 0 Å². The Balaban J connectivity index is 2.54. The average Bonchev–Trinajstić information content (AvgIpc) is 2.43. The molecule has 0 saturated carbocycles. The van der Waals surface area contributed by atoms with Crippen molar-refractivity contribution in [2.45, 2.75) is 6.42 Å². The molecule has 0 saturated heterocycles. The van der Waals surface area contributed by atoms with Crippen molar-refractivity contribution in [1.29, 1.82) is 0 Å². The Labute approximate surface area is 125 Å². The summed E-state index contributed by atoms with van der Waals surface area (Å²) >= 11 is 6.06. The maximum atomic E-state index is 11.8. The molecule has 0 aliphatic heterocycles. The van der Waals surface area contributed by atoms with Crippen LogP contribution in [-0.2, 0) is 18.3 Å². The lowest BCUT2D eigenvalue weighted by Gasteiger charge is -2.08. The van der Waals surface area contributed by atoms with Crippen molar-refractivity contribution in [3.8, 4) is 17.0 Å². The Morgan fingerprint density at radius 3 is 2.71 bits per heavy atom. The number of nitrogens with zero attached hydrogens (tertiary/aromatic N) is 2. The van der Waals surface area contributed by atoms with E-state index in [4.69, 9.17) is 21.4 Å². The van der Waals surface area contributed by atoms with Crippen molar-refractivity contribution < 1.29 is 14.6 Å². The minimum Gasteiger partial charge on any atom is -0.495 e. The largest absolute Gasteiger partial charge is 0.495 e. The number of rotatable bonds is 4. The number of ether oxygens (including phenoxy) is 1. The Bertz CT molecular complexity index is 755. The first-order valence-electron chi connectivity index (χ1n) is 6.05. The summed E-state index contributed by atoms with van der Waals surface area (Å²) in [7, 11) is 2.98. The minimum absolute atomic E-state index is 0.168. The van der Waals surface area contributed by atoms with Gasteiger partial charge in [0.25, 0.3) is 5.56 Å². The number of halogens is 1. The van der Waals surface area contributed by atoms with E-state index in [2.05, 4.69) is 5.10 Å². The molecule has 0 bridgehead atoms. The maximum absolute atomic E-state index is 11.8. The van der Waals surface area contributed by atoms with E-state index < -0.39 is 11.5 Å². The van der Waals surface area contributed by atoms with Crippen LogP contribution in [0.15, 0.2) is 29.1 Å². The van der Waals surface area contributed by atoms with Crippen molar-refractivity contribution in [2.24, 2.45) is 7.05 Å². The Hall–Kier alpha value is -2.34. The van der Waals surface area contributed by atoms with Crippen molar-refractivity contribution in [3.63, 3.8) is 0 Å². The van der Waals surface area contributed by atoms with Gasteiger partial charge in [0.05, 0.1) is 24.2 Å². The monoisotopic (exact) mass is 308 g/mol. The first-order valence-corrected chi connectivity index (χ1v) is 6.43. The van der Waals surface area contributed by atoms with Crippen LogP contribution in [0.5, 0.6) is 5.75 Å². The number of carbonyl (C=O) groups is 1. The number of aryl methyl sites for hydroxylation is 1. The van der Waals surface area contributed by atoms with Crippen LogP contribution in [0.4, 0.5) is 0 Å². The molecule has 0 amide bonds. The van der Waals surface area contributed by atoms with E-state index in [9.17, 15) is 9.59 Å². The molecular formula is C14H13ClN2O4. The highest BCUT2D eigenvalue weighted by Gasteiger charge is 2.12. The zero-order valence-corrected chi connectivity index (χ0v) is 12.2. The smallest absolute Gasteiger partial charge is 0.308 e. The van der Waals surface area contributed by atoms with E-state index in [1.165, 1.54) is 20.2 Å². The number of aliphatic carboxylic acids is 1. The number of hydrogen-bond donors (Lipinski definition) is 1. The molecule has 0 aliphatic rings. The highest BCUT2D eigenvalue weighted by molar-refractivity contribution is 6.32. The van der Waals surface area contributed by atoms with Gasteiger partial charge in [0.1, 0.15) is 5.75 Å². The molecule has 1 N–H and O–H groups in total. The first-order chi connectivity index (χ1) is 9.92. The second-order valence-corrected chi connectivity index (χ2v) is 4.81. The van der Waals surface area contributed by atoms with Crippen LogP contribution in [0.3, 0.4) is 0 Å². The summed E-state index contributed by atoms with van der Waals surface area (Å²) in [5, 5.41) is 13.4. The van der Waals surface area contributed by atoms with E-state index >= 15 is 0 Å². The Kier molecular flexibility index (Phi) is 4.28.